The molecule has 4 rings (SSSR count). The van der Waals surface area contributed by atoms with Crippen molar-refractivity contribution in [2.24, 2.45) is 5.92 Å². The Morgan fingerprint density at radius 3 is 2.69 bits per heavy atom. The maximum Gasteiger partial charge on any atom is 0.229 e. The predicted molar refractivity (Wildman–Crippen MR) is 101 cm³/mol. The minimum absolute atomic E-state index is 0.0268. The minimum Gasteiger partial charge on any atom is -0.308 e. The van der Waals surface area contributed by atoms with Gasteiger partial charge in [-0.3, -0.25) is 9.48 Å². The van der Waals surface area contributed by atoms with Gasteiger partial charge < -0.3 is 5.32 Å². The minimum atomic E-state index is -0.270. The van der Waals surface area contributed by atoms with E-state index in [0.717, 1.165) is 6.42 Å². The van der Waals surface area contributed by atoms with E-state index >= 15 is 0 Å². The topological polar surface area (TPSA) is 46.9 Å². The first-order valence-corrected chi connectivity index (χ1v) is 9.23. The smallest absolute Gasteiger partial charge is 0.229 e. The molecule has 3 aromatic rings. The Labute approximate surface area is 159 Å². The summed E-state index contributed by atoms with van der Waals surface area (Å²) >= 11 is 3.42. The van der Waals surface area contributed by atoms with E-state index in [1.54, 1.807) is 29.1 Å². The SMILES string of the molecule is O=C(Nc1nn(Cc2ccccc2F)cc1Br)C1CC1c1ccccc1. The Kier molecular flexibility index (Phi) is 4.59. The molecule has 0 spiro atoms. The van der Waals surface area contributed by atoms with Crippen LogP contribution in [0.3, 0.4) is 0 Å². The van der Waals surface area contributed by atoms with Gasteiger partial charge in [-0.2, -0.15) is 5.10 Å². The van der Waals surface area contributed by atoms with Crippen LogP contribution in [-0.4, -0.2) is 15.7 Å². The van der Waals surface area contributed by atoms with Gasteiger partial charge in [-0.05, 0) is 39.9 Å². The highest BCUT2D eigenvalue weighted by Crippen LogP contribution is 2.48. The van der Waals surface area contributed by atoms with E-state index in [0.29, 0.717) is 22.4 Å². The van der Waals surface area contributed by atoms with E-state index in [9.17, 15) is 9.18 Å². The number of nitrogens with zero attached hydrogens (tertiary/aromatic N) is 2. The molecule has 0 radical (unpaired) electrons. The number of benzene rings is 2. The molecule has 2 aromatic carbocycles. The molecule has 1 N–H and O–H groups in total. The molecule has 0 aliphatic heterocycles. The van der Waals surface area contributed by atoms with Crippen molar-refractivity contribution in [3.8, 4) is 0 Å². The monoisotopic (exact) mass is 413 g/mol. The summed E-state index contributed by atoms with van der Waals surface area (Å²) in [6.45, 7) is 0.303. The van der Waals surface area contributed by atoms with E-state index in [-0.39, 0.29) is 23.6 Å². The van der Waals surface area contributed by atoms with Crippen LogP contribution in [0.15, 0.2) is 65.3 Å². The molecule has 4 nitrogen and oxygen atoms in total. The number of amides is 1. The van der Waals surface area contributed by atoms with Gasteiger partial charge >= 0.3 is 0 Å². The molecule has 1 aliphatic rings. The molecule has 0 saturated heterocycles. The van der Waals surface area contributed by atoms with Gasteiger partial charge in [0.2, 0.25) is 5.91 Å². The quantitative estimate of drug-likeness (QED) is 0.665. The van der Waals surface area contributed by atoms with Gasteiger partial charge in [0.1, 0.15) is 5.82 Å². The first-order chi connectivity index (χ1) is 12.6. The molecule has 6 heteroatoms. The second-order valence-corrected chi connectivity index (χ2v) is 7.32. The van der Waals surface area contributed by atoms with E-state index in [4.69, 9.17) is 0 Å². The molecule has 1 aromatic heterocycles. The lowest BCUT2D eigenvalue weighted by Gasteiger charge is -2.04. The summed E-state index contributed by atoms with van der Waals surface area (Å²) in [5.41, 5.74) is 1.74. The molecule has 0 bridgehead atoms. The number of aromatic nitrogens is 2. The van der Waals surface area contributed by atoms with Gasteiger partial charge in [0.25, 0.3) is 0 Å². The van der Waals surface area contributed by atoms with Crippen LogP contribution in [0, 0.1) is 11.7 Å². The molecular formula is C20H17BrFN3O. The number of carbonyl (C=O) groups is 1. The van der Waals surface area contributed by atoms with Crippen molar-refractivity contribution in [3.63, 3.8) is 0 Å². The zero-order valence-corrected chi connectivity index (χ0v) is 15.5. The van der Waals surface area contributed by atoms with Crippen LogP contribution in [0.4, 0.5) is 10.2 Å². The van der Waals surface area contributed by atoms with Crippen molar-refractivity contribution in [1.29, 1.82) is 0 Å². The van der Waals surface area contributed by atoms with Gasteiger partial charge in [-0.1, -0.05) is 48.5 Å². The van der Waals surface area contributed by atoms with Crippen molar-refractivity contribution < 1.29 is 9.18 Å². The highest BCUT2D eigenvalue weighted by molar-refractivity contribution is 9.10. The highest BCUT2D eigenvalue weighted by Gasteiger charge is 2.44. The molecule has 1 amide bonds. The fourth-order valence-corrected chi connectivity index (χ4v) is 3.54. The van der Waals surface area contributed by atoms with E-state index in [2.05, 4.69) is 38.5 Å². The normalized spacial score (nSPS) is 18.5. The molecule has 26 heavy (non-hydrogen) atoms. The number of halogens is 2. The molecule has 1 fully saturated rings. The number of rotatable bonds is 5. The molecule has 1 aliphatic carbocycles. The zero-order chi connectivity index (χ0) is 18.1. The van der Waals surface area contributed by atoms with Crippen molar-refractivity contribution >= 4 is 27.7 Å². The summed E-state index contributed by atoms with van der Waals surface area (Å²) in [4.78, 5) is 12.5. The third-order valence-corrected chi connectivity index (χ3v) is 5.18. The summed E-state index contributed by atoms with van der Waals surface area (Å²) < 4.78 is 16.1. The molecule has 2 atom stereocenters. The maximum atomic E-state index is 13.8. The molecule has 132 valence electrons. The Bertz CT molecular complexity index is 941. The molecule has 2 unspecified atom stereocenters. The lowest BCUT2D eigenvalue weighted by Crippen LogP contribution is -2.15. The fraction of sp³-hybridized carbons (Fsp3) is 0.200. The van der Waals surface area contributed by atoms with Crippen LogP contribution in [0.2, 0.25) is 0 Å². The van der Waals surface area contributed by atoms with E-state index < -0.39 is 0 Å². The standard InChI is InChI=1S/C20H17BrFN3O/c21-17-12-25(11-14-8-4-5-9-18(14)22)24-19(17)23-20(26)16-10-15(16)13-6-2-1-3-7-13/h1-9,12,15-16H,10-11H2,(H,23,24,26). The fourth-order valence-electron chi connectivity index (χ4n) is 3.13. The van der Waals surface area contributed by atoms with Crippen molar-refractivity contribution in [2.45, 2.75) is 18.9 Å². The Morgan fingerprint density at radius 1 is 1.19 bits per heavy atom. The van der Waals surface area contributed by atoms with Crippen LogP contribution in [0.25, 0.3) is 0 Å². The van der Waals surface area contributed by atoms with E-state index in [1.165, 1.54) is 11.6 Å². The highest BCUT2D eigenvalue weighted by atomic mass is 79.9. The third kappa shape index (κ3) is 3.55. The Hall–Kier alpha value is -2.47. The van der Waals surface area contributed by atoms with Gasteiger partial charge in [0.15, 0.2) is 5.82 Å². The first kappa shape index (κ1) is 17.0. The number of nitrogens with one attached hydrogen (secondary N) is 1. The van der Waals surface area contributed by atoms with Gasteiger partial charge in [0.05, 0.1) is 11.0 Å². The number of hydrogen-bond acceptors (Lipinski definition) is 2. The zero-order valence-electron chi connectivity index (χ0n) is 13.9. The lowest BCUT2D eigenvalue weighted by atomic mass is 10.1. The van der Waals surface area contributed by atoms with Gasteiger partial charge in [-0.15, -0.1) is 0 Å². The van der Waals surface area contributed by atoms with Crippen molar-refractivity contribution in [1.82, 2.24) is 9.78 Å². The number of anilines is 1. The average Bonchev–Trinajstić information content (AvgIpc) is 3.38. The first-order valence-electron chi connectivity index (χ1n) is 8.44. The summed E-state index contributed by atoms with van der Waals surface area (Å²) in [6.07, 6.45) is 2.59. The van der Waals surface area contributed by atoms with Gasteiger partial charge in [0, 0.05) is 17.7 Å². The van der Waals surface area contributed by atoms with Crippen LogP contribution in [0.5, 0.6) is 0 Å². The van der Waals surface area contributed by atoms with Crippen molar-refractivity contribution in [3.05, 3.63) is 82.2 Å². The number of hydrogen-bond donors (Lipinski definition) is 1. The summed E-state index contributed by atoms with van der Waals surface area (Å²) in [7, 11) is 0. The predicted octanol–water partition coefficient (Wildman–Crippen LogP) is 4.58. The van der Waals surface area contributed by atoms with Crippen LogP contribution in [-0.2, 0) is 11.3 Å². The molecule has 1 heterocycles. The molecule has 1 saturated carbocycles. The van der Waals surface area contributed by atoms with Gasteiger partial charge in [-0.25, -0.2) is 4.39 Å². The maximum absolute atomic E-state index is 13.8. The number of carbonyl (C=O) groups excluding carboxylic acids is 1. The van der Waals surface area contributed by atoms with Crippen molar-refractivity contribution in [2.75, 3.05) is 5.32 Å². The lowest BCUT2D eigenvalue weighted by molar-refractivity contribution is -0.117. The average molecular weight is 414 g/mol. The second-order valence-electron chi connectivity index (χ2n) is 6.46. The molecular weight excluding hydrogens is 397 g/mol. The summed E-state index contributed by atoms with van der Waals surface area (Å²) in [5, 5.41) is 7.25. The van der Waals surface area contributed by atoms with Crippen LogP contribution < -0.4 is 5.32 Å². The van der Waals surface area contributed by atoms with E-state index in [1.807, 2.05) is 18.2 Å². The second kappa shape index (κ2) is 7.03. The van der Waals surface area contributed by atoms with Crippen LogP contribution >= 0.6 is 15.9 Å². The third-order valence-electron chi connectivity index (χ3n) is 4.60. The summed E-state index contributed by atoms with van der Waals surface area (Å²) in [6, 6.07) is 16.6. The Balaban J connectivity index is 1.42. The summed E-state index contributed by atoms with van der Waals surface area (Å²) in [5.74, 6) is 0.408. The largest absolute Gasteiger partial charge is 0.308 e. The Morgan fingerprint density at radius 2 is 1.92 bits per heavy atom. The van der Waals surface area contributed by atoms with Crippen LogP contribution in [0.1, 0.15) is 23.5 Å².